The lowest BCUT2D eigenvalue weighted by atomic mass is 10.0. The highest BCUT2D eigenvalue weighted by atomic mass is 16.3. The van der Waals surface area contributed by atoms with Gasteiger partial charge in [0.15, 0.2) is 0 Å². The van der Waals surface area contributed by atoms with Gasteiger partial charge in [-0.1, -0.05) is 25.5 Å². The van der Waals surface area contributed by atoms with Crippen molar-refractivity contribution in [1.29, 1.82) is 0 Å². The first-order valence-electron chi connectivity index (χ1n) is 4.46. The molecule has 0 aromatic heterocycles. The maximum Gasteiger partial charge on any atom is 0.108 e. The SMILES string of the molecule is CCCC(N)c1cccc(N=O)c1. The monoisotopic (exact) mass is 178 g/mol. The van der Waals surface area contributed by atoms with Crippen LogP contribution in [0.2, 0.25) is 0 Å². The molecule has 1 rings (SSSR count). The van der Waals surface area contributed by atoms with E-state index in [4.69, 9.17) is 5.73 Å². The minimum atomic E-state index is 0.0201. The van der Waals surface area contributed by atoms with E-state index < -0.39 is 0 Å². The van der Waals surface area contributed by atoms with Crippen molar-refractivity contribution in [3.8, 4) is 0 Å². The molecule has 2 N–H and O–H groups in total. The van der Waals surface area contributed by atoms with Gasteiger partial charge in [0.1, 0.15) is 5.69 Å². The highest BCUT2D eigenvalue weighted by Gasteiger charge is 2.04. The first kappa shape index (κ1) is 9.86. The van der Waals surface area contributed by atoms with E-state index in [1.165, 1.54) is 0 Å². The van der Waals surface area contributed by atoms with Gasteiger partial charge in [0, 0.05) is 6.04 Å². The van der Waals surface area contributed by atoms with Crippen molar-refractivity contribution in [3.63, 3.8) is 0 Å². The summed E-state index contributed by atoms with van der Waals surface area (Å²) >= 11 is 0. The molecule has 0 saturated carbocycles. The number of nitrogens with zero attached hydrogens (tertiary/aromatic N) is 1. The summed E-state index contributed by atoms with van der Waals surface area (Å²) in [5, 5.41) is 2.87. The summed E-state index contributed by atoms with van der Waals surface area (Å²) in [4.78, 5) is 10.2. The van der Waals surface area contributed by atoms with E-state index in [0.29, 0.717) is 5.69 Å². The number of rotatable bonds is 4. The Balaban J connectivity index is 2.81. The van der Waals surface area contributed by atoms with Crippen LogP contribution in [0.25, 0.3) is 0 Å². The molecule has 1 aromatic carbocycles. The van der Waals surface area contributed by atoms with Crippen molar-refractivity contribution < 1.29 is 0 Å². The van der Waals surface area contributed by atoms with Crippen molar-refractivity contribution in [2.75, 3.05) is 0 Å². The Morgan fingerprint density at radius 1 is 1.54 bits per heavy atom. The Bertz CT molecular complexity index is 286. The molecule has 1 aromatic rings. The van der Waals surface area contributed by atoms with Crippen LogP contribution >= 0.6 is 0 Å². The third-order valence-electron chi connectivity index (χ3n) is 2.00. The van der Waals surface area contributed by atoms with Gasteiger partial charge in [0.25, 0.3) is 0 Å². The smallest absolute Gasteiger partial charge is 0.108 e. The quantitative estimate of drug-likeness (QED) is 0.720. The standard InChI is InChI=1S/C10H14N2O/c1-2-4-10(11)8-5-3-6-9(7-8)12-13/h3,5-7,10H,2,4,11H2,1H3. The van der Waals surface area contributed by atoms with E-state index in [0.717, 1.165) is 18.4 Å². The molecule has 3 heteroatoms. The maximum absolute atomic E-state index is 10.2. The van der Waals surface area contributed by atoms with Crippen LogP contribution in [0.5, 0.6) is 0 Å². The summed E-state index contributed by atoms with van der Waals surface area (Å²) < 4.78 is 0. The molecule has 3 nitrogen and oxygen atoms in total. The molecule has 0 aliphatic rings. The zero-order valence-electron chi connectivity index (χ0n) is 7.73. The molecular weight excluding hydrogens is 164 g/mol. The molecule has 0 heterocycles. The average molecular weight is 178 g/mol. The van der Waals surface area contributed by atoms with Crippen LogP contribution in [0, 0.1) is 4.91 Å². The Morgan fingerprint density at radius 2 is 2.31 bits per heavy atom. The van der Waals surface area contributed by atoms with Gasteiger partial charge in [-0.25, -0.2) is 0 Å². The van der Waals surface area contributed by atoms with Crippen LogP contribution < -0.4 is 5.73 Å². The van der Waals surface area contributed by atoms with Crippen molar-refractivity contribution in [2.24, 2.45) is 10.9 Å². The molecular formula is C10H14N2O. The van der Waals surface area contributed by atoms with E-state index in [1.807, 2.05) is 12.1 Å². The number of hydrogen-bond donors (Lipinski definition) is 1. The second-order valence-electron chi connectivity index (χ2n) is 3.08. The van der Waals surface area contributed by atoms with Crippen molar-refractivity contribution in [1.82, 2.24) is 0 Å². The summed E-state index contributed by atoms with van der Waals surface area (Å²) in [5.41, 5.74) is 7.32. The molecule has 0 amide bonds. The lowest BCUT2D eigenvalue weighted by Gasteiger charge is -2.09. The zero-order valence-corrected chi connectivity index (χ0v) is 7.73. The summed E-state index contributed by atoms with van der Waals surface area (Å²) in [6.07, 6.45) is 1.97. The van der Waals surface area contributed by atoms with Crippen LogP contribution in [0.15, 0.2) is 29.4 Å². The van der Waals surface area contributed by atoms with E-state index >= 15 is 0 Å². The molecule has 0 radical (unpaired) electrons. The molecule has 0 bridgehead atoms. The first-order chi connectivity index (χ1) is 6.27. The van der Waals surface area contributed by atoms with Gasteiger partial charge in [-0.3, -0.25) is 0 Å². The van der Waals surface area contributed by atoms with Crippen molar-refractivity contribution in [2.45, 2.75) is 25.8 Å². The van der Waals surface area contributed by atoms with Crippen LogP contribution in [-0.4, -0.2) is 0 Å². The highest BCUT2D eigenvalue weighted by molar-refractivity contribution is 5.40. The molecule has 0 aliphatic heterocycles. The van der Waals surface area contributed by atoms with Crippen LogP contribution in [0.3, 0.4) is 0 Å². The topological polar surface area (TPSA) is 55.4 Å². The fourth-order valence-corrected chi connectivity index (χ4v) is 1.29. The van der Waals surface area contributed by atoms with E-state index in [1.54, 1.807) is 12.1 Å². The van der Waals surface area contributed by atoms with Gasteiger partial charge in [-0.05, 0) is 29.3 Å². The summed E-state index contributed by atoms with van der Waals surface area (Å²) in [7, 11) is 0. The Hall–Kier alpha value is -1.22. The summed E-state index contributed by atoms with van der Waals surface area (Å²) in [5.74, 6) is 0. The Kier molecular flexibility index (Phi) is 3.58. The van der Waals surface area contributed by atoms with Crippen LogP contribution in [0.4, 0.5) is 5.69 Å². The molecule has 13 heavy (non-hydrogen) atoms. The second kappa shape index (κ2) is 4.72. The molecule has 70 valence electrons. The molecule has 1 unspecified atom stereocenters. The average Bonchev–Trinajstić information content (AvgIpc) is 2.18. The number of benzene rings is 1. The first-order valence-corrected chi connectivity index (χ1v) is 4.46. The van der Waals surface area contributed by atoms with Gasteiger partial charge < -0.3 is 5.73 Å². The molecule has 0 aliphatic carbocycles. The van der Waals surface area contributed by atoms with Crippen molar-refractivity contribution in [3.05, 3.63) is 34.7 Å². The van der Waals surface area contributed by atoms with E-state index in [9.17, 15) is 4.91 Å². The molecule has 0 spiro atoms. The normalized spacial score (nSPS) is 12.5. The summed E-state index contributed by atoms with van der Waals surface area (Å²) in [6, 6.07) is 7.17. The number of nitroso groups, excluding NO2 is 1. The fourth-order valence-electron chi connectivity index (χ4n) is 1.29. The second-order valence-corrected chi connectivity index (χ2v) is 3.08. The third kappa shape index (κ3) is 2.63. The lowest BCUT2D eigenvalue weighted by Crippen LogP contribution is -2.09. The molecule has 0 saturated heterocycles. The van der Waals surface area contributed by atoms with Gasteiger partial charge in [-0.2, -0.15) is 0 Å². The highest BCUT2D eigenvalue weighted by Crippen LogP contribution is 2.20. The minimum absolute atomic E-state index is 0.0201. The van der Waals surface area contributed by atoms with Crippen molar-refractivity contribution >= 4 is 5.69 Å². The maximum atomic E-state index is 10.2. The van der Waals surface area contributed by atoms with Crippen LogP contribution in [0.1, 0.15) is 31.4 Å². The van der Waals surface area contributed by atoms with Crippen LogP contribution in [-0.2, 0) is 0 Å². The number of hydrogen-bond acceptors (Lipinski definition) is 3. The lowest BCUT2D eigenvalue weighted by molar-refractivity contribution is 0.638. The molecule has 0 fully saturated rings. The van der Waals surface area contributed by atoms with Gasteiger partial charge in [-0.15, -0.1) is 4.91 Å². The predicted molar refractivity (Wildman–Crippen MR) is 53.7 cm³/mol. The predicted octanol–water partition coefficient (Wildman–Crippen LogP) is 2.88. The fraction of sp³-hybridized carbons (Fsp3) is 0.400. The Morgan fingerprint density at radius 3 is 2.92 bits per heavy atom. The van der Waals surface area contributed by atoms with Gasteiger partial charge in [0.2, 0.25) is 0 Å². The molecule has 1 atom stereocenters. The van der Waals surface area contributed by atoms with E-state index in [2.05, 4.69) is 12.1 Å². The summed E-state index contributed by atoms with van der Waals surface area (Å²) in [6.45, 7) is 2.09. The van der Waals surface area contributed by atoms with Gasteiger partial charge in [0.05, 0.1) is 0 Å². The largest absolute Gasteiger partial charge is 0.324 e. The van der Waals surface area contributed by atoms with E-state index in [-0.39, 0.29) is 6.04 Å². The third-order valence-corrected chi connectivity index (χ3v) is 2.00. The van der Waals surface area contributed by atoms with Gasteiger partial charge >= 0.3 is 0 Å². The zero-order chi connectivity index (χ0) is 9.68. The minimum Gasteiger partial charge on any atom is -0.324 e. The number of nitrogens with two attached hydrogens (primary N) is 1. The Labute approximate surface area is 77.9 Å².